The Labute approximate surface area is 208 Å². The Balaban J connectivity index is 1.32. The molecule has 0 unspecified atom stereocenters. The summed E-state index contributed by atoms with van der Waals surface area (Å²) in [7, 11) is 0. The standard InChI is InChI=1S/C21H17BrCl2N6OS/c22-18-12-29(10-14-4-1-2-7-19(14)24)28-20(18)27-21(32)26-16-9-25-30(11-16)13-31-17-6-3-5-15(23)8-17/h1-9,11-12H,10,13H2,(H2,26,27,28,32). The number of benzene rings is 2. The molecule has 0 bridgehead atoms. The topological polar surface area (TPSA) is 68.9 Å². The van der Waals surface area contributed by atoms with E-state index in [-0.39, 0.29) is 6.73 Å². The number of hydrogen-bond donors (Lipinski definition) is 2. The summed E-state index contributed by atoms with van der Waals surface area (Å²) in [6, 6.07) is 14.8. The number of rotatable bonds is 7. The summed E-state index contributed by atoms with van der Waals surface area (Å²) >= 11 is 21.1. The highest BCUT2D eigenvalue weighted by molar-refractivity contribution is 9.10. The maximum atomic E-state index is 6.24. The first kappa shape index (κ1) is 22.6. The molecule has 2 aromatic carbocycles. The first-order chi connectivity index (χ1) is 15.5. The first-order valence-corrected chi connectivity index (χ1v) is 11.4. The molecule has 4 aromatic rings. The van der Waals surface area contributed by atoms with Gasteiger partial charge in [0.15, 0.2) is 17.7 Å². The maximum Gasteiger partial charge on any atom is 0.180 e. The maximum absolute atomic E-state index is 6.24. The van der Waals surface area contributed by atoms with Crippen molar-refractivity contribution < 1.29 is 4.74 Å². The van der Waals surface area contributed by atoms with Crippen molar-refractivity contribution >= 4 is 68.0 Å². The Kier molecular flexibility index (Phi) is 7.31. The average molecular weight is 552 g/mol. The Morgan fingerprint density at radius 1 is 1.06 bits per heavy atom. The van der Waals surface area contributed by atoms with Crippen molar-refractivity contribution in [1.29, 1.82) is 0 Å². The van der Waals surface area contributed by atoms with Gasteiger partial charge in [-0.25, -0.2) is 4.68 Å². The zero-order chi connectivity index (χ0) is 22.5. The van der Waals surface area contributed by atoms with Gasteiger partial charge in [0.25, 0.3) is 0 Å². The molecule has 4 rings (SSSR count). The summed E-state index contributed by atoms with van der Waals surface area (Å²) in [5.41, 5.74) is 1.69. The van der Waals surface area contributed by atoms with E-state index < -0.39 is 0 Å². The number of ether oxygens (including phenoxy) is 1. The minimum Gasteiger partial charge on any atom is -0.471 e. The molecule has 0 amide bonds. The highest BCUT2D eigenvalue weighted by atomic mass is 79.9. The summed E-state index contributed by atoms with van der Waals surface area (Å²) in [5.74, 6) is 1.25. The average Bonchev–Trinajstić information content (AvgIpc) is 3.34. The lowest BCUT2D eigenvalue weighted by Gasteiger charge is -2.08. The smallest absolute Gasteiger partial charge is 0.180 e. The summed E-state index contributed by atoms with van der Waals surface area (Å²) in [5, 5.41) is 16.6. The van der Waals surface area contributed by atoms with Crippen molar-refractivity contribution in [3.05, 3.63) is 87.2 Å². The van der Waals surface area contributed by atoms with E-state index in [1.807, 2.05) is 42.6 Å². The predicted octanol–water partition coefficient (Wildman–Crippen LogP) is 6.04. The normalized spacial score (nSPS) is 10.7. The fraction of sp³-hybridized carbons (Fsp3) is 0.0952. The molecule has 32 heavy (non-hydrogen) atoms. The third-order valence-electron chi connectivity index (χ3n) is 4.29. The van der Waals surface area contributed by atoms with E-state index in [1.54, 1.807) is 33.9 Å². The van der Waals surface area contributed by atoms with Gasteiger partial charge >= 0.3 is 0 Å². The Morgan fingerprint density at radius 3 is 2.72 bits per heavy atom. The van der Waals surface area contributed by atoms with Crippen LogP contribution in [0.2, 0.25) is 10.0 Å². The number of aromatic nitrogens is 4. The number of nitrogens with one attached hydrogen (secondary N) is 2. The fourth-order valence-electron chi connectivity index (χ4n) is 2.83. The molecule has 0 aliphatic carbocycles. The minimum atomic E-state index is 0.236. The van der Waals surface area contributed by atoms with Crippen LogP contribution in [0.5, 0.6) is 5.75 Å². The van der Waals surface area contributed by atoms with Gasteiger partial charge in [0.2, 0.25) is 0 Å². The molecule has 0 fully saturated rings. The van der Waals surface area contributed by atoms with Gasteiger partial charge in [-0.2, -0.15) is 10.2 Å². The first-order valence-electron chi connectivity index (χ1n) is 9.41. The lowest BCUT2D eigenvalue weighted by atomic mass is 10.2. The minimum absolute atomic E-state index is 0.236. The highest BCUT2D eigenvalue weighted by Gasteiger charge is 2.10. The second-order valence-electron chi connectivity index (χ2n) is 6.69. The summed E-state index contributed by atoms with van der Waals surface area (Å²) in [4.78, 5) is 0. The third-order valence-corrected chi connectivity index (χ3v) is 5.68. The van der Waals surface area contributed by atoms with Crippen LogP contribution in [-0.2, 0) is 13.3 Å². The van der Waals surface area contributed by atoms with Gasteiger partial charge in [0.05, 0.1) is 29.1 Å². The highest BCUT2D eigenvalue weighted by Crippen LogP contribution is 2.23. The number of nitrogens with zero attached hydrogens (tertiary/aromatic N) is 4. The zero-order valence-electron chi connectivity index (χ0n) is 16.5. The van der Waals surface area contributed by atoms with Crippen LogP contribution in [0.15, 0.2) is 71.6 Å². The molecular formula is C21H17BrCl2N6OS. The lowest BCUT2D eigenvalue weighted by Crippen LogP contribution is -2.19. The van der Waals surface area contributed by atoms with Crippen molar-refractivity contribution in [2.24, 2.45) is 0 Å². The predicted molar refractivity (Wildman–Crippen MR) is 135 cm³/mol. The fourth-order valence-corrected chi connectivity index (χ4v) is 3.84. The number of thiocarbonyl (C=S) groups is 1. The Bertz CT molecular complexity index is 1240. The van der Waals surface area contributed by atoms with Gasteiger partial charge in [-0.15, -0.1) is 0 Å². The molecule has 0 atom stereocenters. The van der Waals surface area contributed by atoms with Crippen LogP contribution in [0.1, 0.15) is 5.56 Å². The van der Waals surface area contributed by atoms with E-state index >= 15 is 0 Å². The summed E-state index contributed by atoms with van der Waals surface area (Å²) in [6.45, 7) is 0.778. The zero-order valence-corrected chi connectivity index (χ0v) is 20.4. The van der Waals surface area contributed by atoms with Crippen LogP contribution in [0.3, 0.4) is 0 Å². The van der Waals surface area contributed by atoms with Crippen molar-refractivity contribution in [3.8, 4) is 5.75 Å². The van der Waals surface area contributed by atoms with Gasteiger partial charge < -0.3 is 15.4 Å². The second kappa shape index (κ2) is 10.4. The van der Waals surface area contributed by atoms with E-state index in [9.17, 15) is 0 Å². The van der Waals surface area contributed by atoms with Crippen molar-refractivity contribution in [2.45, 2.75) is 13.3 Å². The quantitative estimate of drug-likeness (QED) is 0.273. The van der Waals surface area contributed by atoms with Crippen molar-refractivity contribution in [2.75, 3.05) is 10.6 Å². The molecule has 0 saturated carbocycles. The summed E-state index contributed by atoms with van der Waals surface area (Å²) in [6.07, 6.45) is 5.30. The number of anilines is 2. The molecule has 0 radical (unpaired) electrons. The molecule has 0 saturated heterocycles. The van der Waals surface area contributed by atoms with Gasteiger partial charge in [-0.3, -0.25) is 4.68 Å². The molecule has 2 heterocycles. The van der Waals surface area contributed by atoms with Crippen LogP contribution in [0.4, 0.5) is 11.5 Å². The molecule has 7 nitrogen and oxygen atoms in total. The molecular weight excluding hydrogens is 535 g/mol. The van der Waals surface area contributed by atoms with E-state index in [1.165, 1.54) is 0 Å². The Morgan fingerprint density at radius 2 is 1.91 bits per heavy atom. The molecule has 0 aliphatic heterocycles. The van der Waals surface area contributed by atoms with E-state index in [2.05, 4.69) is 36.8 Å². The number of hydrogen-bond acceptors (Lipinski definition) is 4. The monoisotopic (exact) mass is 550 g/mol. The SMILES string of the molecule is S=C(Nc1cnn(COc2cccc(Cl)c2)c1)Nc1nn(Cc2ccccc2Cl)cc1Br. The van der Waals surface area contributed by atoms with E-state index in [4.69, 9.17) is 40.2 Å². The number of halogens is 3. The van der Waals surface area contributed by atoms with Crippen molar-refractivity contribution in [1.82, 2.24) is 19.6 Å². The van der Waals surface area contributed by atoms with E-state index in [0.29, 0.717) is 39.0 Å². The van der Waals surface area contributed by atoms with Crippen LogP contribution >= 0.6 is 51.3 Å². The third kappa shape index (κ3) is 6.01. The van der Waals surface area contributed by atoms with Gasteiger partial charge in [0.1, 0.15) is 5.75 Å². The molecule has 11 heteroatoms. The summed E-state index contributed by atoms with van der Waals surface area (Å²) < 4.78 is 9.87. The van der Waals surface area contributed by atoms with Crippen LogP contribution in [0.25, 0.3) is 0 Å². The van der Waals surface area contributed by atoms with Gasteiger partial charge in [0, 0.05) is 16.2 Å². The molecule has 0 spiro atoms. The molecule has 2 N–H and O–H groups in total. The van der Waals surface area contributed by atoms with Crippen molar-refractivity contribution in [3.63, 3.8) is 0 Å². The Hall–Kier alpha value is -2.59. The van der Waals surface area contributed by atoms with Crippen LogP contribution < -0.4 is 15.4 Å². The van der Waals surface area contributed by atoms with Crippen LogP contribution in [-0.4, -0.2) is 24.7 Å². The lowest BCUT2D eigenvalue weighted by molar-refractivity contribution is 0.221. The second-order valence-corrected chi connectivity index (χ2v) is 8.80. The van der Waals surface area contributed by atoms with Gasteiger partial charge in [-0.05, 0) is 58.0 Å². The molecule has 2 aromatic heterocycles. The molecule has 164 valence electrons. The largest absolute Gasteiger partial charge is 0.471 e. The van der Waals surface area contributed by atoms with E-state index in [0.717, 1.165) is 10.0 Å². The van der Waals surface area contributed by atoms with Gasteiger partial charge in [-0.1, -0.05) is 47.5 Å². The van der Waals surface area contributed by atoms with Crippen LogP contribution in [0, 0.1) is 0 Å². The molecule has 0 aliphatic rings.